The summed E-state index contributed by atoms with van der Waals surface area (Å²) >= 11 is 5.82. The summed E-state index contributed by atoms with van der Waals surface area (Å²) in [6.45, 7) is 0. The van der Waals surface area contributed by atoms with Crippen LogP contribution in [0.3, 0.4) is 0 Å². The highest BCUT2D eigenvalue weighted by Crippen LogP contribution is 2.30. The fraction of sp³-hybridized carbons (Fsp3) is 0.312. The monoisotopic (exact) mass is 417 g/mol. The van der Waals surface area contributed by atoms with E-state index in [0.29, 0.717) is 0 Å². The maximum atomic E-state index is 11.6. The lowest BCUT2D eigenvalue weighted by Crippen LogP contribution is -2.62. The van der Waals surface area contributed by atoms with Crippen LogP contribution in [0.4, 0.5) is 0 Å². The molecular formula is C16H16ClNO8S. The summed E-state index contributed by atoms with van der Waals surface area (Å²) in [5, 5.41) is 21.0. The van der Waals surface area contributed by atoms with E-state index in [-0.39, 0.29) is 16.5 Å². The molecule has 1 saturated heterocycles. The van der Waals surface area contributed by atoms with Crippen molar-refractivity contribution in [2.24, 2.45) is 0 Å². The lowest BCUT2D eigenvalue weighted by atomic mass is 10.0. The molecule has 0 bridgehead atoms. The molecule has 3 rings (SSSR count). The van der Waals surface area contributed by atoms with Gasteiger partial charge in [0, 0.05) is 12.3 Å². The molecule has 2 aromatic rings. The van der Waals surface area contributed by atoms with Crippen molar-refractivity contribution in [2.75, 3.05) is 0 Å². The van der Waals surface area contributed by atoms with Crippen LogP contribution in [0.5, 0.6) is 11.5 Å². The highest BCUT2D eigenvalue weighted by Gasteiger charge is 2.52. The molecular weight excluding hydrogens is 402 g/mol. The van der Waals surface area contributed by atoms with Gasteiger partial charge in [0.05, 0.1) is 11.2 Å². The van der Waals surface area contributed by atoms with Crippen LogP contribution in [-0.2, 0) is 14.9 Å². The first-order chi connectivity index (χ1) is 12.8. The SMILES string of the molecule is O=S(=O)(O)C1O[C@@H](Oc2ccccc2)[C@H](O)[C@@H](Oc2cncc(Cl)c2)[C@@H]1O. The van der Waals surface area contributed by atoms with E-state index in [1.165, 1.54) is 18.5 Å². The van der Waals surface area contributed by atoms with Crippen molar-refractivity contribution >= 4 is 21.7 Å². The third-order valence-corrected chi connectivity index (χ3v) is 4.92. The van der Waals surface area contributed by atoms with Gasteiger partial charge in [-0.05, 0) is 12.1 Å². The third kappa shape index (κ3) is 4.67. The molecule has 1 aliphatic heterocycles. The second-order valence-corrected chi connectivity index (χ2v) is 7.65. The molecule has 146 valence electrons. The number of pyridine rings is 1. The zero-order chi connectivity index (χ0) is 19.6. The summed E-state index contributed by atoms with van der Waals surface area (Å²) in [4.78, 5) is 3.80. The molecule has 3 N–H and O–H groups in total. The Kier molecular flexibility index (Phi) is 5.84. The van der Waals surface area contributed by atoms with Crippen molar-refractivity contribution < 1.29 is 37.4 Å². The Balaban J connectivity index is 1.89. The fourth-order valence-electron chi connectivity index (χ4n) is 2.54. The Bertz CT molecular complexity index is 881. The zero-order valence-electron chi connectivity index (χ0n) is 13.6. The van der Waals surface area contributed by atoms with Crippen LogP contribution in [0.1, 0.15) is 0 Å². The minimum Gasteiger partial charge on any atom is -0.483 e. The Labute approximate surface area is 159 Å². The molecule has 0 saturated carbocycles. The van der Waals surface area contributed by atoms with E-state index in [1.807, 2.05) is 0 Å². The number of ether oxygens (including phenoxy) is 3. The summed E-state index contributed by atoms with van der Waals surface area (Å²) in [5.41, 5.74) is -2.09. The van der Waals surface area contributed by atoms with Gasteiger partial charge < -0.3 is 24.4 Å². The van der Waals surface area contributed by atoms with Gasteiger partial charge in [0.2, 0.25) is 11.7 Å². The maximum absolute atomic E-state index is 11.6. The topological polar surface area (TPSA) is 135 Å². The van der Waals surface area contributed by atoms with Crippen LogP contribution in [-0.4, -0.2) is 58.2 Å². The largest absolute Gasteiger partial charge is 0.483 e. The first-order valence-electron chi connectivity index (χ1n) is 7.72. The van der Waals surface area contributed by atoms with Gasteiger partial charge in [0.25, 0.3) is 10.1 Å². The number of hydrogen-bond acceptors (Lipinski definition) is 8. The van der Waals surface area contributed by atoms with Gasteiger partial charge >= 0.3 is 0 Å². The summed E-state index contributed by atoms with van der Waals surface area (Å²) < 4.78 is 48.6. The van der Waals surface area contributed by atoms with E-state index >= 15 is 0 Å². The van der Waals surface area contributed by atoms with Crippen molar-refractivity contribution in [2.45, 2.75) is 30.0 Å². The second-order valence-electron chi connectivity index (χ2n) is 5.72. The first-order valence-corrected chi connectivity index (χ1v) is 9.60. The predicted octanol–water partition coefficient (Wildman–Crippen LogP) is 0.853. The van der Waals surface area contributed by atoms with Crippen molar-refractivity contribution in [3.63, 3.8) is 0 Å². The second kappa shape index (κ2) is 7.97. The number of rotatable bonds is 5. The maximum Gasteiger partial charge on any atom is 0.295 e. The number of nitrogens with zero attached hydrogens (tertiary/aromatic N) is 1. The summed E-state index contributed by atoms with van der Waals surface area (Å²) in [7, 11) is -4.84. The molecule has 0 spiro atoms. The molecule has 1 aromatic carbocycles. The highest BCUT2D eigenvalue weighted by molar-refractivity contribution is 7.86. The number of halogens is 1. The average Bonchev–Trinajstić information content (AvgIpc) is 2.61. The fourth-order valence-corrected chi connectivity index (χ4v) is 3.46. The van der Waals surface area contributed by atoms with E-state index in [9.17, 15) is 23.2 Å². The summed E-state index contributed by atoms with van der Waals surface area (Å²) in [5.74, 6) is 0.343. The minimum absolute atomic E-state index is 0.0695. The molecule has 2 heterocycles. The molecule has 0 amide bonds. The predicted molar refractivity (Wildman–Crippen MR) is 93.0 cm³/mol. The minimum atomic E-state index is -4.84. The van der Waals surface area contributed by atoms with Gasteiger partial charge in [-0.2, -0.15) is 8.42 Å². The molecule has 27 heavy (non-hydrogen) atoms. The van der Waals surface area contributed by atoms with Crippen LogP contribution < -0.4 is 9.47 Å². The summed E-state index contributed by atoms with van der Waals surface area (Å²) in [6, 6.07) is 9.52. The Morgan fingerprint density at radius 3 is 2.37 bits per heavy atom. The molecule has 0 radical (unpaired) electrons. The van der Waals surface area contributed by atoms with Gasteiger partial charge in [0.15, 0.2) is 12.2 Å². The lowest BCUT2D eigenvalue weighted by Gasteiger charge is -2.40. The average molecular weight is 418 g/mol. The van der Waals surface area contributed by atoms with E-state index in [4.69, 9.17) is 25.8 Å². The highest BCUT2D eigenvalue weighted by atomic mass is 35.5. The molecule has 5 atom stereocenters. The standard InChI is InChI=1S/C16H16ClNO8S/c17-9-6-11(8-18-7-9)24-14-12(19)15(25-10-4-2-1-3-5-10)26-16(13(14)20)27(21,22)23/h1-8,12-16,19-20H,(H,21,22,23)/t12-,13+,14-,15-,16?/m1/s1. The van der Waals surface area contributed by atoms with Gasteiger partial charge in [-0.1, -0.05) is 29.8 Å². The quantitative estimate of drug-likeness (QED) is 0.605. The Hall–Kier alpha value is -1.95. The first kappa shape index (κ1) is 19.8. The molecule has 11 heteroatoms. The van der Waals surface area contributed by atoms with Gasteiger partial charge in [-0.3, -0.25) is 9.54 Å². The number of aliphatic hydroxyl groups excluding tert-OH is 2. The van der Waals surface area contributed by atoms with E-state index in [2.05, 4.69) is 4.98 Å². The third-order valence-electron chi connectivity index (χ3n) is 3.74. The molecule has 9 nitrogen and oxygen atoms in total. The van der Waals surface area contributed by atoms with Gasteiger partial charge in [-0.15, -0.1) is 0 Å². The van der Waals surface area contributed by atoms with Crippen LogP contribution in [0.2, 0.25) is 5.02 Å². The molecule has 1 unspecified atom stereocenters. The van der Waals surface area contributed by atoms with E-state index in [1.54, 1.807) is 30.3 Å². The van der Waals surface area contributed by atoms with Gasteiger partial charge in [0.1, 0.15) is 17.6 Å². The number of aliphatic hydroxyl groups is 2. The molecule has 1 aliphatic rings. The Morgan fingerprint density at radius 1 is 1.04 bits per heavy atom. The van der Waals surface area contributed by atoms with E-state index < -0.39 is 40.2 Å². The lowest BCUT2D eigenvalue weighted by molar-refractivity contribution is -0.248. The van der Waals surface area contributed by atoms with Crippen LogP contribution in [0.15, 0.2) is 48.8 Å². The van der Waals surface area contributed by atoms with Crippen molar-refractivity contribution in [1.82, 2.24) is 4.98 Å². The molecule has 0 aliphatic carbocycles. The molecule has 1 fully saturated rings. The number of aromatic nitrogens is 1. The van der Waals surface area contributed by atoms with E-state index in [0.717, 1.165) is 0 Å². The van der Waals surface area contributed by atoms with Crippen molar-refractivity contribution in [3.8, 4) is 11.5 Å². The van der Waals surface area contributed by atoms with Crippen LogP contribution in [0.25, 0.3) is 0 Å². The van der Waals surface area contributed by atoms with Gasteiger partial charge in [-0.25, -0.2) is 0 Å². The smallest absolute Gasteiger partial charge is 0.295 e. The summed E-state index contributed by atoms with van der Waals surface area (Å²) in [6.07, 6.45) is -3.97. The zero-order valence-corrected chi connectivity index (χ0v) is 15.2. The van der Waals surface area contributed by atoms with Crippen molar-refractivity contribution in [3.05, 3.63) is 53.8 Å². The number of hydrogen-bond donors (Lipinski definition) is 3. The van der Waals surface area contributed by atoms with Crippen molar-refractivity contribution in [1.29, 1.82) is 0 Å². The van der Waals surface area contributed by atoms with Crippen LogP contribution >= 0.6 is 11.6 Å². The van der Waals surface area contributed by atoms with Crippen LogP contribution in [0, 0.1) is 0 Å². The number of para-hydroxylation sites is 1. The molecule has 1 aromatic heterocycles. The number of benzene rings is 1. The normalized spacial score (nSPS) is 28.5. The Morgan fingerprint density at radius 2 is 1.74 bits per heavy atom.